The van der Waals surface area contributed by atoms with Gasteiger partial charge in [0.1, 0.15) is 12.3 Å². The summed E-state index contributed by atoms with van der Waals surface area (Å²) in [5.41, 5.74) is 1.95. The van der Waals surface area contributed by atoms with Crippen LogP contribution in [-0.4, -0.2) is 34.2 Å². The third-order valence-corrected chi connectivity index (χ3v) is 5.10. The van der Waals surface area contributed by atoms with E-state index in [9.17, 15) is 13.2 Å². The summed E-state index contributed by atoms with van der Waals surface area (Å²) in [7, 11) is -2.07. The van der Waals surface area contributed by atoms with Gasteiger partial charge in [-0.05, 0) is 48.4 Å². The molecule has 1 amide bonds. The molecule has 0 aliphatic heterocycles. The van der Waals surface area contributed by atoms with Crippen LogP contribution in [0.25, 0.3) is 0 Å². The molecule has 0 radical (unpaired) electrons. The van der Waals surface area contributed by atoms with E-state index in [1.165, 1.54) is 0 Å². The second kappa shape index (κ2) is 8.42. The fourth-order valence-corrected chi connectivity index (χ4v) is 3.59. The van der Waals surface area contributed by atoms with Crippen molar-refractivity contribution in [1.82, 2.24) is 5.32 Å². The van der Waals surface area contributed by atoms with Gasteiger partial charge in [-0.25, -0.2) is 8.42 Å². The number of amides is 1. The van der Waals surface area contributed by atoms with E-state index in [0.717, 1.165) is 16.1 Å². The van der Waals surface area contributed by atoms with Gasteiger partial charge in [0.15, 0.2) is 0 Å². The Morgan fingerprint density at radius 1 is 1.23 bits per heavy atom. The van der Waals surface area contributed by atoms with Crippen LogP contribution in [0.5, 0.6) is 5.75 Å². The van der Waals surface area contributed by atoms with E-state index in [1.54, 1.807) is 44.4 Å². The lowest BCUT2D eigenvalue weighted by Crippen LogP contribution is -2.40. The van der Waals surface area contributed by atoms with Gasteiger partial charge >= 0.3 is 0 Å². The van der Waals surface area contributed by atoms with Crippen LogP contribution in [0.3, 0.4) is 0 Å². The Labute approximate surface area is 158 Å². The number of methoxy groups -OCH3 is 1. The number of hydrogen-bond donors (Lipinski definition) is 1. The maximum Gasteiger partial charge on any atom is 0.241 e. The number of carbonyl (C=O) groups excluding carboxylic acids is 1. The number of rotatable bonds is 7. The Balaban J connectivity index is 2.12. The minimum Gasteiger partial charge on any atom is -0.497 e. The largest absolute Gasteiger partial charge is 0.497 e. The topological polar surface area (TPSA) is 75.7 Å². The molecule has 0 bridgehead atoms. The van der Waals surface area contributed by atoms with Crippen LogP contribution >= 0.6 is 11.6 Å². The van der Waals surface area contributed by atoms with Gasteiger partial charge in [-0.3, -0.25) is 9.10 Å². The summed E-state index contributed by atoms with van der Waals surface area (Å²) in [6.45, 7) is 1.70. The minimum absolute atomic E-state index is 0.271. The summed E-state index contributed by atoms with van der Waals surface area (Å²) in [4.78, 5) is 12.3. The van der Waals surface area contributed by atoms with Crippen molar-refractivity contribution in [2.24, 2.45) is 0 Å². The molecule has 0 saturated carbocycles. The van der Waals surface area contributed by atoms with Crippen LogP contribution in [0, 0.1) is 6.92 Å². The molecule has 0 spiro atoms. The molecular weight excluding hydrogens is 376 g/mol. The van der Waals surface area contributed by atoms with Crippen LogP contribution in [-0.2, 0) is 21.4 Å². The first-order valence-electron chi connectivity index (χ1n) is 7.84. The van der Waals surface area contributed by atoms with Crippen LogP contribution in [0.2, 0.25) is 5.02 Å². The molecule has 0 heterocycles. The van der Waals surface area contributed by atoms with Gasteiger partial charge in [-0.1, -0.05) is 23.7 Å². The fraction of sp³-hybridized carbons (Fsp3) is 0.278. The number of halogens is 1. The zero-order chi connectivity index (χ0) is 19.3. The molecule has 0 unspecified atom stereocenters. The van der Waals surface area contributed by atoms with E-state index >= 15 is 0 Å². The Kier molecular flexibility index (Phi) is 6.50. The number of ether oxygens (including phenoxy) is 1. The zero-order valence-corrected chi connectivity index (χ0v) is 16.4. The first-order valence-corrected chi connectivity index (χ1v) is 10.1. The van der Waals surface area contributed by atoms with E-state index < -0.39 is 15.9 Å². The summed E-state index contributed by atoms with van der Waals surface area (Å²) in [5, 5.41) is 3.23. The first-order chi connectivity index (χ1) is 12.2. The molecule has 6 nitrogen and oxygen atoms in total. The summed E-state index contributed by atoms with van der Waals surface area (Å²) < 4.78 is 30.5. The van der Waals surface area contributed by atoms with E-state index in [2.05, 4.69) is 5.32 Å². The maximum absolute atomic E-state index is 12.3. The highest BCUT2D eigenvalue weighted by Crippen LogP contribution is 2.25. The van der Waals surface area contributed by atoms with Crippen molar-refractivity contribution in [3.05, 3.63) is 58.6 Å². The van der Waals surface area contributed by atoms with Gasteiger partial charge in [0, 0.05) is 11.6 Å². The second-order valence-electron chi connectivity index (χ2n) is 5.83. The normalized spacial score (nSPS) is 11.1. The molecule has 2 aromatic rings. The molecule has 0 atom stereocenters. The molecule has 0 fully saturated rings. The Hall–Kier alpha value is -2.25. The Bertz CT molecular complexity index is 900. The van der Waals surface area contributed by atoms with Crippen molar-refractivity contribution in [2.75, 3.05) is 24.2 Å². The number of sulfonamides is 1. The third-order valence-electron chi connectivity index (χ3n) is 3.74. The summed E-state index contributed by atoms with van der Waals surface area (Å²) in [5.74, 6) is 0.277. The highest BCUT2D eigenvalue weighted by Gasteiger charge is 2.22. The molecule has 26 heavy (non-hydrogen) atoms. The number of anilines is 1. The van der Waals surface area contributed by atoms with Crippen LogP contribution in [0.15, 0.2) is 42.5 Å². The number of hydrogen-bond acceptors (Lipinski definition) is 4. The highest BCUT2D eigenvalue weighted by molar-refractivity contribution is 7.92. The smallest absolute Gasteiger partial charge is 0.241 e. The number of nitrogens with one attached hydrogen (secondary N) is 1. The van der Waals surface area contributed by atoms with E-state index in [-0.39, 0.29) is 13.1 Å². The van der Waals surface area contributed by atoms with Gasteiger partial charge in [-0.15, -0.1) is 0 Å². The molecule has 1 N–H and O–H groups in total. The lowest BCUT2D eigenvalue weighted by Gasteiger charge is -2.23. The van der Waals surface area contributed by atoms with Gasteiger partial charge in [-0.2, -0.15) is 0 Å². The van der Waals surface area contributed by atoms with Crippen molar-refractivity contribution >= 4 is 33.2 Å². The molecule has 8 heteroatoms. The first kappa shape index (κ1) is 20.1. The third kappa shape index (κ3) is 5.37. The quantitative estimate of drug-likeness (QED) is 0.780. The van der Waals surface area contributed by atoms with Crippen molar-refractivity contribution in [1.29, 1.82) is 0 Å². The lowest BCUT2D eigenvalue weighted by molar-refractivity contribution is -0.119. The summed E-state index contributed by atoms with van der Waals surface area (Å²) in [6.07, 6.45) is 1.07. The Morgan fingerprint density at radius 3 is 2.58 bits per heavy atom. The highest BCUT2D eigenvalue weighted by atomic mass is 35.5. The standard InChI is InChI=1S/C18H21ClN2O4S/c1-13-9-15(19)7-8-17(13)21(26(3,23)24)12-18(22)20-11-14-5-4-6-16(10-14)25-2/h4-10H,11-12H2,1-3H3,(H,20,22). The molecule has 0 saturated heterocycles. The van der Waals surface area contributed by atoms with Gasteiger partial charge in [0.25, 0.3) is 0 Å². The SMILES string of the molecule is COc1cccc(CNC(=O)CN(c2ccc(Cl)cc2C)S(C)(=O)=O)c1. The average Bonchev–Trinajstić information content (AvgIpc) is 2.58. The van der Waals surface area contributed by atoms with E-state index in [4.69, 9.17) is 16.3 Å². The van der Waals surface area contributed by atoms with Crippen LogP contribution in [0.4, 0.5) is 5.69 Å². The molecule has 140 valence electrons. The van der Waals surface area contributed by atoms with E-state index in [0.29, 0.717) is 22.0 Å². The van der Waals surface area contributed by atoms with Gasteiger partial charge in [0.2, 0.25) is 15.9 Å². The van der Waals surface area contributed by atoms with E-state index in [1.807, 2.05) is 12.1 Å². The predicted octanol–water partition coefficient (Wildman–Crippen LogP) is 2.74. The average molecular weight is 397 g/mol. The molecule has 2 rings (SSSR count). The summed E-state index contributed by atoms with van der Waals surface area (Å²) >= 11 is 5.93. The molecule has 0 aliphatic rings. The number of nitrogens with zero attached hydrogens (tertiary/aromatic N) is 1. The molecular formula is C18H21ClN2O4S. The van der Waals surface area contributed by atoms with Crippen LogP contribution < -0.4 is 14.4 Å². The van der Waals surface area contributed by atoms with Gasteiger partial charge in [0.05, 0.1) is 19.1 Å². The Morgan fingerprint density at radius 2 is 1.96 bits per heavy atom. The van der Waals surface area contributed by atoms with Crippen molar-refractivity contribution < 1.29 is 17.9 Å². The molecule has 2 aromatic carbocycles. The number of aryl methyl sites for hydroxylation is 1. The number of benzene rings is 2. The predicted molar refractivity (Wildman–Crippen MR) is 103 cm³/mol. The fourth-order valence-electron chi connectivity index (χ4n) is 2.45. The lowest BCUT2D eigenvalue weighted by atomic mass is 10.2. The molecule has 0 aromatic heterocycles. The second-order valence-corrected chi connectivity index (χ2v) is 8.17. The zero-order valence-electron chi connectivity index (χ0n) is 14.8. The van der Waals surface area contributed by atoms with Gasteiger partial charge < -0.3 is 10.1 Å². The monoisotopic (exact) mass is 396 g/mol. The van der Waals surface area contributed by atoms with Crippen molar-refractivity contribution in [3.63, 3.8) is 0 Å². The number of carbonyl (C=O) groups is 1. The van der Waals surface area contributed by atoms with Crippen molar-refractivity contribution in [3.8, 4) is 5.75 Å². The van der Waals surface area contributed by atoms with Crippen molar-refractivity contribution in [2.45, 2.75) is 13.5 Å². The maximum atomic E-state index is 12.3. The minimum atomic E-state index is -3.63. The summed E-state index contributed by atoms with van der Waals surface area (Å²) in [6, 6.07) is 12.1. The van der Waals surface area contributed by atoms with Crippen LogP contribution in [0.1, 0.15) is 11.1 Å². The molecule has 0 aliphatic carbocycles.